The Morgan fingerprint density at radius 2 is 1.74 bits per heavy atom. The number of nitrogens with zero attached hydrogens (tertiary/aromatic N) is 1. The molecule has 0 heterocycles. The number of carbonyl (C=O) groups excluding carboxylic acids is 3. The molecule has 0 aliphatic heterocycles. The summed E-state index contributed by atoms with van der Waals surface area (Å²) in [5.41, 5.74) is 1.06. The second-order valence-electron chi connectivity index (χ2n) is 8.64. The van der Waals surface area contributed by atoms with E-state index >= 15 is 0 Å². The van der Waals surface area contributed by atoms with Crippen LogP contribution in [0.15, 0.2) is 24.3 Å². The third kappa shape index (κ3) is 9.21. The summed E-state index contributed by atoms with van der Waals surface area (Å²) in [6.45, 7) is 9.83. The van der Waals surface area contributed by atoms with Gasteiger partial charge < -0.3 is 20.3 Å². The number of benzene rings is 1. The average molecular weight is 452 g/mol. The predicted molar refractivity (Wildman–Crippen MR) is 126 cm³/mol. The summed E-state index contributed by atoms with van der Waals surface area (Å²) >= 11 is 4.22. The highest BCUT2D eigenvalue weighted by atomic mass is 32.1. The van der Waals surface area contributed by atoms with Crippen LogP contribution in [0.1, 0.15) is 64.1 Å². The molecule has 3 amide bonds. The molecule has 0 aliphatic rings. The maximum absolute atomic E-state index is 13.2. The first-order valence-electron chi connectivity index (χ1n) is 10.7. The molecule has 0 aliphatic carbocycles. The maximum Gasteiger partial charge on any atom is 0.408 e. The van der Waals surface area contributed by atoms with E-state index in [2.05, 4.69) is 30.2 Å². The third-order valence-corrected chi connectivity index (χ3v) is 4.99. The van der Waals surface area contributed by atoms with Gasteiger partial charge >= 0.3 is 6.09 Å². The van der Waals surface area contributed by atoms with Crippen LogP contribution in [0.4, 0.5) is 4.79 Å². The van der Waals surface area contributed by atoms with Crippen LogP contribution >= 0.6 is 12.6 Å². The molecule has 0 saturated heterocycles. The van der Waals surface area contributed by atoms with Gasteiger partial charge in [-0.2, -0.15) is 12.6 Å². The number of hydrogen-bond acceptors (Lipinski definition) is 5. The van der Waals surface area contributed by atoms with Gasteiger partial charge in [0.25, 0.3) is 0 Å². The van der Waals surface area contributed by atoms with E-state index in [0.29, 0.717) is 12.1 Å². The first kappa shape index (κ1) is 26.8. The molecule has 0 aromatic heterocycles. The van der Waals surface area contributed by atoms with Gasteiger partial charge in [0.15, 0.2) is 0 Å². The van der Waals surface area contributed by atoms with Crippen molar-refractivity contribution in [1.82, 2.24) is 15.5 Å². The van der Waals surface area contributed by atoms with Crippen molar-refractivity contribution in [3.63, 3.8) is 0 Å². The van der Waals surface area contributed by atoms with E-state index in [1.165, 1.54) is 4.90 Å². The number of nitrogens with one attached hydrogen (secondary N) is 2. The third-order valence-electron chi connectivity index (χ3n) is 4.63. The molecule has 0 radical (unpaired) electrons. The van der Waals surface area contributed by atoms with Crippen LogP contribution in [-0.4, -0.2) is 53.8 Å². The molecule has 0 bridgehead atoms. The van der Waals surface area contributed by atoms with Gasteiger partial charge in [-0.1, -0.05) is 49.6 Å². The summed E-state index contributed by atoms with van der Waals surface area (Å²) in [6, 6.07) is 5.74. The van der Waals surface area contributed by atoms with Crippen molar-refractivity contribution in [3.8, 4) is 0 Å². The molecular formula is C23H37N3O4S. The second-order valence-corrected chi connectivity index (χ2v) is 9.01. The van der Waals surface area contributed by atoms with E-state index in [4.69, 9.17) is 4.74 Å². The van der Waals surface area contributed by atoms with Crippen LogP contribution in [0, 0.1) is 6.92 Å². The highest BCUT2D eigenvalue weighted by molar-refractivity contribution is 7.80. The number of amides is 3. The molecule has 8 heteroatoms. The number of unbranched alkanes of at least 4 members (excludes halogenated alkanes) is 2. The van der Waals surface area contributed by atoms with E-state index in [-0.39, 0.29) is 11.7 Å². The van der Waals surface area contributed by atoms with Gasteiger partial charge in [-0.3, -0.25) is 9.59 Å². The van der Waals surface area contributed by atoms with E-state index in [1.54, 1.807) is 27.8 Å². The second kappa shape index (κ2) is 12.6. The molecule has 1 rings (SSSR count). The van der Waals surface area contributed by atoms with Gasteiger partial charge in [-0.25, -0.2) is 4.79 Å². The topological polar surface area (TPSA) is 87.7 Å². The van der Waals surface area contributed by atoms with Crippen molar-refractivity contribution >= 4 is 30.5 Å². The van der Waals surface area contributed by atoms with Gasteiger partial charge in [0.1, 0.15) is 17.7 Å². The fourth-order valence-electron chi connectivity index (χ4n) is 2.99. The SMILES string of the molecule is CCCCCNC(=O)C(c1ccc(C)cc1)N(C)C(=O)C(CS)NC(=O)OC(C)(C)C. The van der Waals surface area contributed by atoms with Crippen molar-refractivity contribution in [2.75, 3.05) is 19.3 Å². The Hall–Kier alpha value is -2.22. The van der Waals surface area contributed by atoms with Crippen LogP contribution in [0.3, 0.4) is 0 Å². The smallest absolute Gasteiger partial charge is 0.408 e. The lowest BCUT2D eigenvalue weighted by Gasteiger charge is -2.31. The van der Waals surface area contributed by atoms with Crippen molar-refractivity contribution < 1.29 is 19.1 Å². The van der Waals surface area contributed by atoms with Crippen LogP contribution in [0.5, 0.6) is 0 Å². The molecule has 2 atom stereocenters. The minimum atomic E-state index is -0.927. The zero-order chi connectivity index (χ0) is 23.6. The van der Waals surface area contributed by atoms with Gasteiger partial charge in [0, 0.05) is 19.3 Å². The molecule has 2 unspecified atom stereocenters. The number of alkyl carbamates (subject to hydrolysis) is 1. The van der Waals surface area contributed by atoms with Gasteiger partial charge in [-0.15, -0.1) is 0 Å². The fourth-order valence-corrected chi connectivity index (χ4v) is 3.24. The highest BCUT2D eigenvalue weighted by Crippen LogP contribution is 2.22. The minimum absolute atomic E-state index is 0.0706. The Morgan fingerprint density at radius 3 is 2.26 bits per heavy atom. The van der Waals surface area contributed by atoms with Crippen molar-refractivity contribution in [1.29, 1.82) is 0 Å². The summed E-state index contributed by atoms with van der Waals surface area (Å²) in [4.78, 5) is 39.7. The molecule has 1 aromatic carbocycles. The quantitative estimate of drug-likeness (QED) is 0.374. The number of rotatable bonds is 10. The summed E-state index contributed by atoms with van der Waals surface area (Å²) in [6.07, 6.45) is 2.24. The predicted octanol–water partition coefficient (Wildman–Crippen LogP) is 3.62. The Balaban J connectivity index is 3.03. The summed E-state index contributed by atoms with van der Waals surface area (Å²) < 4.78 is 5.25. The number of carbonyl (C=O) groups is 3. The van der Waals surface area contributed by atoms with E-state index in [9.17, 15) is 14.4 Å². The van der Waals surface area contributed by atoms with Crippen molar-refractivity contribution in [2.45, 2.75) is 71.6 Å². The van der Waals surface area contributed by atoms with Crippen LogP contribution in [0.2, 0.25) is 0 Å². The number of aryl methyl sites for hydroxylation is 1. The summed E-state index contributed by atoms with van der Waals surface area (Å²) in [5, 5.41) is 5.49. The monoisotopic (exact) mass is 451 g/mol. The molecule has 0 fully saturated rings. The molecule has 0 spiro atoms. The van der Waals surface area contributed by atoms with Crippen LogP contribution < -0.4 is 10.6 Å². The molecule has 174 valence electrons. The van der Waals surface area contributed by atoms with E-state index in [0.717, 1.165) is 24.8 Å². The lowest BCUT2D eigenvalue weighted by molar-refractivity contribution is -0.140. The Bertz CT molecular complexity index is 731. The standard InChI is InChI=1S/C23H37N3O4S/c1-7-8-9-14-24-20(27)19(17-12-10-16(2)11-13-17)26(6)21(28)18(15-31)25-22(29)30-23(3,4)5/h10-13,18-19,31H,7-9,14-15H2,1-6H3,(H,24,27)(H,25,29). The van der Waals surface area contributed by atoms with E-state index < -0.39 is 29.7 Å². The summed E-state index contributed by atoms with van der Waals surface area (Å²) in [7, 11) is 1.56. The molecular weight excluding hydrogens is 414 g/mol. The first-order valence-corrected chi connectivity index (χ1v) is 11.3. The fraction of sp³-hybridized carbons (Fsp3) is 0.609. The van der Waals surface area contributed by atoms with Crippen molar-refractivity contribution in [2.24, 2.45) is 0 Å². The first-order chi connectivity index (χ1) is 14.5. The minimum Gasteiger partial charge on any atom is -0.444 e. The van der Waals surface area contributed by atoms with E-state index in [1.807, 2.05) is 31.2 Å². The molecule has 0 saturated carbocycles. The normalized spacial score (nSPS) is 13.1. The molecule has 31 heavy (non-hydrogen) atoms. The van der Waals surface area contributed by atoms with Gasteiger partial charge in [0.2, 0.25) is 11.8 Å². The molecule has 1 aromatic rings. The maximum atomic E-state index is 13.2. The van der Waals surface area contributed by atoms with Gasteiger partial charge in [-0.05, 0) is 39.7 Å². The van der Waals surface area contributed by atoms with Gasteiger partial charge in [0.05, 0.1) is 0 Å². The van der Waals surface area contributed by atoms with Crippen LogP contribution in [-0.2, 0) is 14.3 Å². The average Bonchev–Trinajstić information content (AvgIpc) is 2.69. The number of thiol groups is 1. The number of likely N-dealkylation sites (N-methyl/N-ethyl adjacent to an activating group) is 1. The Labute approximate surface area is 191 Å². The lowest BCUT2D eigenvalue weighted by Crippen LogP contribution is -2.52. The molecule has 2 N–H and O–H groups in total. The highest BCUT2D eigenvalue weighted by Gasteiger charge is 2.33. The lowest BCUT2D eigenvalue weighted by atomic mass is 10.0. The zero-order valence-electron chi connectivity index (χ0n) is 19.5. The Kier molecular flexibility index (Phi) is 10.9. The van der Waals surface area contributed by atoms with Crippen molar-refractivity contribution in [3.05, 3.63) is 35.4 Å². The zero-order valence-corrected chi connectivity index (χ0v) is 20.4. The van der Waals surface area contributed by atoms with Crippen LogP contribution in [0.25, 0.3) is 0 Å². The summed E-state index contributed by atoms with van der Waals surface area (Å²) in [5.74, 6) is -0.609. The number of ether oxygens (including phenoxy) is 1. The molecule has 7 nitrogen and oxygen atoms in total. The largest absolute Gasteiger partial charge is 0.444 e. The Morgan fingerprint density at radius 1 is 1.13 bits per heavy atom. The number of hydrogen-bond donors (Lipinski definition) is 3.